The molecule has 0 N–H and O–H groups in total. The van der Waals surface area contributed by atoms with E-state index in [2.05, 4.69) is 4.18 Å². The van der Waals surface area contributed by atoms with Crippen LogP contribution >= 0.6 is 0 Å². The zero-order valence-corrected chi connectivity index (χ0v) is 12.1. The second-order valence-corrected chi connectivity index (χ2v) is 5.97. The molecule has 0 aliphatic heterocycles. The highest BCUT2D eigenvalue weighted by atomic mass is 32.2. The van der Waals surface area contributed by atoms with Gasteiger partial charge in [0.05, 0.1) is 5.56 Å². The Hall–Kier alpha value is -1.57. The summed E-state index contributed by atoms with van der Waals surface area (Å²) >= 11 is 0. The maximum Gasteiger partial charge on any atom is 0.534 e. The summed E-state index contributed by atoms with van der Waals surface area (Å²) in [6.07, 6.45) is 3.78. The Morgan fingerprint density at radius 2 is 1.90 bits per heavy atom. The Labute approximate surface area is 121 Å². The standard InChI is InChI=1S/C13H15F3O4S/c1-2-3-4-5-10-6-7-12(11(8-10)9-17)20-21(18,19)13(14,15)16/h6-9H,2-5H2,1H3. The van der Waals surface area contributed by atoms with E-state index in [-0.39, 0.29) is 11.8 Å². The van der Waals surface area contributed by atoms with Crippen LogP contribution in [-0.2, 0) is 16.5 Å². The number of carbonyl (C=O) groups is 1. The molecular weight excluding hydrogens is 309 g/mol. The van der Waals surface area contributed by atoms with Crippen molar-refractivity contribution in [1.29, 1.82) is 0 Å². The number of aldehydes is 1. The summed E-state index contributed by atoms with van der Waals surface area (Å²) in [5.74, 6) is -0.624. The summed E-state index contributed by atoms with van der Waals surface area (Å²) < 4.78 is 62.5. The molecule has 0 spiro atoms. The van der Waals surface area contributed by atoms with Gasteiger partial charge in [0.2, 0.25) is 0 Å². The predicted molar refractivity (Wildman–Crippen MR) is 70.7 cm³/mol. The number of aryl methyl sites for hydroxylation is 1. The van der Waals surface area contributed by atoms with E-state index in [1.807, 2.05) is 6.92 Å². The van der Waals surface area contributed by atoms with Crippen LogP contribution in [0.4, 0.5) is 13.2 Å². The van der Waals surface area contributed by atoms with Crippen LogP contribution in [0.15, 0.2) is 18.2 Å². The van der Waals surface area contributed by atoms with Gasteiger partial charge in [-0.1, -0.05) is 25.8 Å². The van der Waals surface area contributed by atoms with Crippen LogP contribution in [0.2, 0.25) is 0 Å². The number of halogens is 3. The third-order valence-electron chi connectivity index (χ3n) is 2.75. The molecule has 1 rings (SSSR count). The van der Waals surface area contributed by atoms with Gasteiger partial charge < -0.3 is 4.18 Å². The fraction of sp³-hybridized carbons (Fsp3) is 0.462. The first kappa shape index (κ1) is 17.5. The summed E-state index contributed by atoms with van der Waals surface area (Å²) in [7, 11) is -5.78. The van der Waals surface area contributed by atoms with Gasteiger partial charge in [-0.3, -0.25) is 4.79 Å². The van der Waals surface area contributed by atoms with E-state index in [1.165, 1.54) is 12.1 Å². The highest BCUT2D eigenvalue weighted by Gasteiger charge is 2.48. The number of carbonyl (C=O) groups excluding carboxylic acids is 1. The lowest BCUT2D eigenvalue weighted by molar-refractivity contribution is -0.0500. The van der Waals surface area contributed by atoms with E-state index in [1.54, 1.807) is 0 Å². The van der Waals surface area contributed by atoms with Crippen molar-refractivity contribution in [3.63, 3.8) is 0 Å². The third-order valence-corrected chi connectivity index (χ3v) is 3.72. The first-order valence-corrected chi connectivity index (χ1v) is 7.71. The van der Waals surface area contributed by atoms with Crippen molar-refractivity contribution in [2.75, 3.05) is 0 Å². The van der Waals surface area contributed by atoms with E-state index in [0.29, 0.717) is 6.42 Å². The van der Waals surface area contributed by atoms with Crippen LogP contribution < -0.4 is 4.18 Å². The summed E-state index contributed by atoms with van der Waals surface area (Å²) in [4.78, 5) is 10.9. The van der Waals surface area contributed by atoms with Gasteiger partial charge >= 0.3 is 15.6 Å². The highest BCUT2D eigenvalue weighted by Crippen LogP contribution is 2.29. The Kier molecular flexibility index (Phi) is 5.77. The fourth-order valence-electron chi connectivity index (χ4n) is 1.67. The quantitative estimate of drug-likeness (QED) is 0.333. The molecule has 0 aliphatic carbocycles. The van der Waals surface area contributed by atoms with Crippen molar-refractivity contribution in [3.8, 4) is 5.75 Å². The van der Waals surface area contributed by atoms with Gasteiger partial charge in [0.15, 0.2) is 12.0 Å². The zero-order chi connectivity index (χ0) is 16.1. The third kappa shape index (κ3) is 4.73. The zero-order valence-electron chi connectivity index (χ0n) is 11.3. The van der Waals surface area contributed by atoms with Crippen LogP contribution in [0.25, 0.3) is 0 Å². The number of hydrogen-bond acceptors (Lipinski definition) is 4. The fourth-order valence-corrected chi connectivity index (χ4v) is 2.15. The van der Waals surface area contributed by atoms with Crippen LogP contribution in [0.1, 0.15) is 42.1 Å². The van der Waals surface area contributed by atoms with Crippen molar-refractivity contribution in [3.05, 3.63) is 29.3 Å². The normalized spacial score (nSPS) is 12.2. The minimum Gasteiger partial charge on any atom is -0.375 e. The summed E-state index contributed by atoms with van der Waals surface area (Å²) in [5.41, 5.74) is -5.02. The van der Waals surface area contributed by atoms with E-state index in [4.69, 9.17) is 0 Å². The molecular formula is C13H15F3O4S. The molecule has 8 heteroatoms. The largest absolute Gasteiger partial charge is 0.534 e. The van der Waals surface area contributed by atoms with Crippen LogP contribution in [0, 0.1) is 0 Å². The van der Waals surface area contributed by atoms with Crippen molar-refractivity contribution in [1.82, 2.24) is 0 Å². The molecule has 0 atom stereocenters. The van der Waals surface area contributed by atoms with E-state index in [9.17, 15) is 26.4 Å². The van der Waals surface area contributed by atoms with Gasteiger partial charge in [0, 0.05) is 0 Å². The van der Waals surface area contributed by atoms with Gasteiger partial charge in [-0.15, -0.1) is 0 Å². The second kappa shape index (κ2) is 6.93. The second-order valence-electron chi connectivity index (χ2n) is 4.43. The predicted octanol–water partition coefficient (Wildman–Crippen LogP) is 3.46. The molecule has 0 bridgehead atoms. The lowest BCUT2D eigenvalue weighted by Gasteiger charge is -2.11. The molecule has 0 saturated heterocycles. The molecule has 0 aliphatic rings. The minimum absolute atomic E-state index is 0.225. The molecule has 1 aromatic rings. The number of benzene rings is 1. The van der Waals surface area contributed by atoms with E-state index in [0.717, 1.165) is 30.9 Å². The lowest BCUT2D eigenvalue weighted by Crippen LogP contribution is -2.28. The van der Waals surface area contributed by atoms with Crippen molar-refractivity contribution >= 4 is 16.4 Å². The maximum atomic E-state index is 12.2. The summed E-state index contributed by atoms with van der Waals surface area (Å²) in [6.45, 7) is 2.02. The number of alkyl halides is 3. The van der Waals surface area contributed by atoms with Gasteiger partial charge in [-0.05, 0) is 30.5 Å². The average Bonchev–Trinajstić information content (AvgIpc) is 2.39. The number of hydrogen-bond donors (Lipinski definition) is 0. The van der Waals surface area contributed by atoms with Crippen LogP contribution in [0.5, 0.6) is 5.75 Å². The van der Waals surface area contributed by atoms with Gasteiger partial charge in [-0.2, -0.15) is 21.6 Å². The molecule has 118 valence electrons. The number of unbranched alkanes of at least 4 members (excludes halogenated alkanes) is 2. The van der Waals surface area contributed by atoms with Gasteiger partial charge in [0.25, 0.3) is 0 Å². The first-order chi connectivity index (χ1) is 9.71. The molecule has 0 saturated carbocycles. The lowest BCUT2D eigenvalue weighted by atomic mass is 10.0. The summed E-state index contributed by atoms with van der Waals surface area (Å²) in [5, 5.41) is 0. The minimum atomic E-state index is -5.78. The maximum absolute atomic E-state index is 12.2. The van der Waals surface area contributed by atoms with E-state index < -0.39 is 21.4 Å². The molecule has 21 heavy (non-hydrogen) atoms. The molecule has 4 nitrogen and oxygen atoms in total. The Bertz CT molecular complexity index is 594. The Morgan fingerprint density at radius 3 is 2.43 bits per heavy atom. The molecule has 0 aromatic heterocycles. The Balaban J connectivity index is 2.97. The van der Waals surface area contributed by atoms with Crippen LogP contribution in [-0.4, -0.2) is 20.2 Å². The smallest absolute Gasteiger partial charge is 0.375 e. The SMILES string of the molecule is CCCCCc1ccc(OS(=O)(=O)C(F)(F)F)c(C=O)c1. The van der Waals surface area contributed by atoms with E-state index >= 15 is 0 Å². The number of rotatable bonds is 7. The average molecular weight is 324 g/mol. The highest BCUT2D eigenvalue weighted by molar-refractivity contribution is 7.88. The molecule has 0 radical (unpaired) electrons. The van der Waals surface area contributed by atoms with Gasteiger partial charge in [0.1, 0.15) is 0 Å². The molecule has 0 heterocycles. The molecule has 1 aromatic carbocycles. The topological polar surface area (TPSA) is 60.4 Å². The van der Waals surface area contributed by atoms with Crippen molar-refractivity contribution in [2.45, 2.75) is 38.1 Å². The van der Waals surface area contributed by atoms with Crippen molar-refractivity contribution in [2.24, 2.45) is 0 Å². The van der Waals surface area contributed by atoms with Crippen molar-refractivity contribution < 1.29 is 30.6 Å². The molecule has 0 unspecified atom stereocenters. The summed E-state index contributed by atoms with van der Waals surface area (Å²) in [6, 6.07) is 3.85. The first-order valence-electron chi connectivity index (χ1n) is 6.30. The Morgan fingerprint density at radius 1 is 1.24 bits per heavy atom. The molecule has 0 amide bonds. The van der Waals surface area contributed by atoms with Gasteiger partial charge in [-0.25, -0.2) is 0 Å². The molecule has 0 fully saturated rings. The monoisotopic (exact) mass is 324 g/mol. The van der Waals surface area contributed by atoms with Crippen LogP contribution in [0.3, 0.4) is 0 Å².